The van der Waals surface area contributed by atoms with Gasteiger partial charge in [0.25, 0.3) is 0 Å². The molecule has 0 aliphatic rings. The Morgan fingerprint density at radius 2 is 0.923 bits per heavy atom. The Morgan fingerprint density at radius 3 is 1.31 bits per heavy atom. The summed E-state index contributed by atoms with van der Waals surface area (Å²) in [5.74, 6) is -2.89. The minimum atomic E-state index is -1.79. The number of ether oxygens (including phenoxy) is 2. The van der Waals surface area contributed by atoms with Gasteiger partial charge in [0.15, 0.2) is 6.10 Å². The summed E-state index contributed by atoms with van der Waals surface area (Å²) in [5.41, 5.74) is 0. The third-order valence-electron chi connectivity index (χ3n) is 6.98. The predicted octanol–water partition coefficient (Wildman–Crippen LogP) is 6.87. The molecule has 230 valence electrons. The fourth-order valence-electron chi connectivity index (χ4n) is 4.53. The molecule has 0 aliphatic heterocycles. The lowest BCUT2D eigenvalue weighted by Crippen LogP contribution is -2.31. The molecule has 0 saturated heterocycles. The van der Waals surface area contributed by atoms with E-state index < -0.39 is 43.1 Å². The van der Waals surface area contributed by atoms with Crippen LogP contribution in [0.15, 0.2) is 0 Å². The highest BCUT2D eigenvalue weighted by atomic mass is 16.6. The molecule has 0 aromatic heterocycles. The summed E-state index contributed by atoms with van der Waals surface area (Å²) in [6, 6.07) is 0. The first-order valence-corrected chi connectivity index (χ1v) is 15.8. The molecule has 0 spiro atoms. The van der Waals surface area contributed by atoms with Crippen molar-refractivity contribution in [3.05, 3.63) is 0 Å². The van der Waals surface area contributed by atoms with Crippen LogP contribution in [0.1, 0.15) is 155 Å². The summed E-state index contributed by atoms with van der Waals surface area (Å²) in [7, 11) is 0. The Hall–Kier alpha value is -1.67. The monoisotopic (exact) mass is 558 g/mol. The number of carbonyl (C=O) groups is 3. The van der Waals surface area contributed by atoms with Crippen molar-refractivity contribution >= 4 is 17.9 Å². The van der Waals surface area contributed by atoms with Gasteiger partial charge in [0.05, 0.1) is 6.42 Å². The van der Waals surface area contributed by atoms with Gasteiger partial charge in [0, 0.05) is 6.42 Å². The molecule has 0 aliphatic carbocycles. The van der Waals surface area contributed by atoms with Crippen LogP contribution in [0.4, 0.5) is 0 Å². The van der Waals surface area contributed by atoms with Crippen molar-refractivity contribution < 1.29 is 39.2 Å². The number of aliphatic hydroxyl groups excluding tert-OH is 2. The van der Waals surface area contributed by atoms with E-state index in [4.69, 9.17) is 9.84 Å². The third-order valence-corrected chi connectivity index (χ3v) is 6.98. The largest absolute Gasteiger partial charge is 0.481 e. The molecule has 0 rings (SSSR count). The quantitative estimate of drug-likeness (QED) is 0.0669. The summed E-state index contributed by atoms with van der Waals surface area (Å²) >= 11 is 0. The molecular formula is C31H58O8. The first-order chi connectivity index (χ1) is 18.9. The fourth-order valence-corrected chi connectivity index (χ4v) is 4.53. The van der Waals surface area contributed by atoms with Crippen LogP contribution in [-0.4, -0.2) is 58.6 Å². The second-order valence-corrected chi connectivity index (χ2v) is 10.9. The van der Waals surface area contributed by atoms with E-state index in [1.54, 1.807) is 0 Å². The van der Waals surface area contributed by atoms with Gasteiger partial charge in [0.1, 0.15) is 19.3 Å². The molecule has 3 N–H and O–H groups in total. The summed E-state index contributed by atoms with van der Waals surface area (Å²) < 4.78 is 9.58. The Labute approximate surface area is 237 Å². The highest BCUT2D eigenvalue weighted by Crippen LogP contribution is 2.15. The van der Waals surface area contributed by atoms with Gasteiger partial charge in [-0.2, -0.15) is 0 Å². The molecule has 0 radical (unpaired) electrons. The first-order valence-electron chi connectivity index (χ1n) is 15.8. The molecule has 0 fully saturated rings. The van der Waals surface area contributed by atoms with Crippen molar-refractivity contribution in [2.75, 3.05) is 13.2 Å². The normalized spacial score (nSPS) is 12.7. The third kappa shape index (κ3) is 27.7. The van der Waals surface area contributed by atoms with Gasteiger partial charge in [-0.15, -0.1) is 0 Å². The summed E-state index contributed by atoms with van der Waals surface area (Å²) in [6.45, 7) is 1.47. The number of esters is 2. The van der Waals surface area contributed by atoms with Crippen molar-refractivity contribution in [2.24, 2.45) is 0 Å². The van der Waals surface area contributed by atoms with E-state index >= 15 is 0 Å². The number of carbonyl (C=O) groups excluding carboxylic acids is 2. The van der Waals surface area contributed by atoms with Crippen molar-refractivity contribution in [3.8, 4) is 0 Å². The standard InChI is InChI=1S/C31H58O8/c1-2-3-4-5-6-7-8-9-10-11-12-13-14-15-16-17-18-19-20-21-22-23-30(36)38-25-27(32)26-39-31(37)28(33)24-29(34)35/h27-28,32-33H,2-26H2,1H3,(H,34,35)/t27?,28-/m0/s1. The molecule has 8 nitrogen and oxygen atoms in total. The molecule has 0 bridgehead atoms. The lowest BCUT2D eigenvalue weighted by Gasteiger charge is -2.13. The molecule has 0 saturated carbocycles. The second-order valence-electron chi connectivity index (χ2n) is 10.9. The summed E-state index contributed by atoms with van der Waals surface area (Å²) in [5, 5.41) is 27.5. The average Bonchev–Trinajstić information content (AvgIpc) is 2.90. The smallest absolute Gasteiger partial charge is 0.335 e. The van der Waals surface area contributed by atoms with Gasteiger partial charge in [-0.1, -0.05) is 135 Å². The maximum atomic E-state index is 11.8. The van der Waals surface area contributed by atoms with E-state index in [9.17, 15) is 24.6 Å². The van der Waals surface area contributed by atoms with Crippen molar-refractivity contribution in [2.45, 2.75) is 167 Å². The summed E-state index contributed by atoms with van der Waals surface area (Å²) in [4.78, 5) is 33.6. The Morgan fingerprint density at radius 1 is 0.564 bits per heavy atom. The van der Waals surface area contributed by atoms with E-state index in [1.165, 1.54) is 116 Å². The molecule has 1 unspecified atom stereocenters. The van der Waals surface area contributed by atoms with Crippen LogP contribution in [-0.2, 0) is 23.9 Å². The molecule has 0 aromatic carbocycles. The van der Waals surface area contributed by atoms with Gasteiger partial charge in [-0.3, -0.25) is 9.59 Å². The lowest BCUT2D eigenvalue weighted by atomic mass is 10.0. The van der Waals surface area contributed by atoms with Crippen molar-refractivity contribution in [1.82, 2.24) is 0 Å². The van der Waals surface area contributed by atoms with Crippen molar-refractivity contribution in [3.63, 3.8) is 0 Å². The van der Waals surface area contributed by atoms with Crippen LogP contribution in [0.25, 0.3) is 0 Å². The molecule has 2 atom stereocenters. The van der Waals surface area contributed by atoms with E-state index in [1.807, 2.05) is 0 Å². The Bertz CT molecular complexity index is 595. The fraction of sp³-hybridized carbons (Fsp3) is 0.903. The number of rotatable bonds is 29. The molecular weight excluding hydrogens is 500 g/mol. The minimum Gasteiger partial charge on any atom is -0.481 e. The first kappa shape index (κ1) is 37.3. The van der Waals surface area contributed by atoms with E-state index in [0.717, 1.165) is 19.3 Å². The van der Waals surface area contributed by atoms with E-state index in [2.05, 4.69) is 11.7 Å². The second kappa shape index (κ2) is 27.9. The Kier molecular flexibility index (Phi) is 26.7. The Balaban J connectivity index is 3.35. The highest BCUT2D eigenvalue weighted by molar-refractivity contribution is 5.80. The van der Waals surface area contributed by atoms with Gasteiger partial charge >= 0.3 is 17.9 Å². The van der Waals surface area contributed by atoms with Gasteiger partial charge < -0.3 is 24.8 Å². The van der Waals surface area contributed by atoms with Crippen molar-refractivity contribution in [1.29, 1.82) is 0 Å². The SMILES string of the molecule is CCCCCCCCCCCCCCCCCCCCCCCC(=O)OCC(O)COC(=O)[C@@H](O)CC(=O)O. The van der Waals surface area contributed by atoms with Crippen LogP contribution in [0.5, 0.6) is 0 Å². The van der Waals surface area contributed by atoms with Gasteiger partial charge in [-0.25, -0.2) is 4.79 Å². The van der Waals surface area contributed by atoms with E-state index in [-0.39, 0.29) is 13.0 Å². The number of carboxylic acid groups (broad SMARTS) is 1. The van der Waals surface area contributed by atoms with Crippen LogP contribution < -0.4 is 0 Å². The average molecular weight is 559 g/mol. The number of hydrogen-bond donors (Lipinski definition) is 3. The zero-order valence-corrected chi connectivity index (χ0v) is 24.7. The van der Waals surface area contributed by atoms with Gasteiger partial charge in [0.2, 0.25) is 0 Å². The zero-order chi connectivity index (χ0) is 29.0. The molecule has 8 heteroatoms. The number of carboxylic acids is 1. The highest BCUT2D eigenvalue weighted by Gasteiger charge is 2.21. The molecule has 0 aromatic rings. The number of hydrogen-bond acceptors (Lipinski definition) is 7. The topological polar surface area (TPSA) is 130 Å². The lowest BCUT2D eigenvalue weighted by molar-refractivity contribution is -0.162. The summed E-state index contributed by atoms with van der Waals surface area (Å²) in [6.07, 6.45) is 23.9. The predicted molar refractivity (Wildman–Crippen MR) is 153 cm³/mol. The zero-order valence-electron chi connectivity index (χ0n) is 24.7. The molecule has 0 heterocycles. The maximum absolute atomic E-state index is 11.8. The molecule has 39 heavy (non-hydrogen) atoms. The van der Waals surface area contributed by atoms with Crippen LogP contribution >= 0.6 is 0 Å². The van der Waals surface area contributed by atoms with Crippen LogP contribution in [0.3, 0.4) is 0 Å². The van der Waals surface area contributed by atoms with Crippen LogP contribution in [0.2, 0.25) is 0 Å². The molecule has 0 amide bonds. The maximum Gasteiger partial charge on any atom is 0.335 e. The number of unbranched alkanes of at least 4 members (excludes halogenated alkanes) is 20. The van der Waals surface area contributed by atoms with Crippen LogP contribution in [0, 0.1) is 0 Å². The van der Waals surface area contributed by atoms with E-state index in [0.29, 0.717) is 0 Å². The van der Waals surface area contributed by atoms with Gasteiger partial charge in [-0.05, 0) is 6.42 Å². The number of aliphatic hydroxyl groups is 2. The number of aliphatic carboxylic acids is 1. The minimum absolute atomic E-state index is 0.281.